The molecule has 1 aromatic heterocycles. The second kappa shape index (κ2) is 8.87. The topological polar surface area (TPSA) is 47.0 Å². The van der Waals surface area contributed by atoms with Crippen LogP contribution in [0.4, 0.5) is 10.8 Å². The molecule has 6 heteroatoms. The predicted octanol–water partition coefficient (Wildman–Crippen LogP) is 5.46. The Morgan fingerprint density at radius 1 is 1.04 bits per heavy atom. The molecule has 2 aromatic carbocycles. The number of anilines is 2. The van der Waals surface area contributed by atoms with Gasteiger partial charge in [-0.1, -0.05) is 47.4 Å². The van der Waals surface area contributed by atoms with Gasteiger partial charge in [0, 0.05) is 11.4 Å². The molecule has 0 saturated heterocycles. The van der Waals surface area contributed by atoms with Crippen molar-refractivity contribution in [1.29, 1.82) is 0 Å². The van der Waals surface area contributed by atoms with Crippen LogP contribution in [0.15, 0.2) is 52.9 Å². The lowest BCUT2D eigenvalue weighted by Crippen LogP contribution is -1.98. The van der Waals surface area contributed by atoms with Crippen LogP contribution in [0.2, 0.25) is 0 Å². The van der Waals surface area contributed by atoms with Crippen molar-refractivity contribution in [3.05, 3.63) is 59.7 Å². The summed E-state index contributed by atoms with van der Waals surface area (Å²) in [4.78, 5) is 0. The number of ether oxygens (including phenoxy) is 1. The minimum Gasteiger partial charge on any atom is -0.494 e. The summed E-state index contributed by atoms with van der Waals surface area (Å²) in [5.74, 6) is 1.88. The number of benzene rings is 2. The number of hydrogen-bond donors (Lipinski definition) is 1. The maximum Gasteiger partial charge on any atom is 0.210 e. The van der Waals surface area contributed by atoms with E-state index >= 15 is 0 Å². The Balaban J connectivity index is 1.41. The van der Waals surface area contributed by atoms with E-state index in [1.165, 1.54) is 11.1 Å². The van der Waals surface area contributed by atoms with Crippen molar-refractivity contribution in [2.75, 3.05) is 17.7 Å². The lowest BCUT2D eigenvalue weighted by Gasteiger charge is -2.05. The lowest BCUT2D eigenvalue weighted by atomic mass is 10.1. The largest absolute Gasteiger partial charge is 0.494 e. The van der Waals surface area contributed by atoms with E-state index in [4.69, 9.17) is 4.74 Å². The normalized spacial score (nSPS) is 10.6. The lowest BCUT2D eigenvalue weighted by molar-refractivity contribution is 0.318. The van der Waals surface area contributed by atoms with Gasteiger partial charge in [-0.2, -0.15) is 0 Å². The molecule has 0 amide bonds. The number of aryl methyl sites for hydroxylation is 2. The molecule has 0 aliphatic carbocycles. The Morgan fingerprint density at radius 3 is 2.68 bits per heavy atom. The quantitative estimate of drug-likeness (QED) is 0.421. The van der Waals surface area contributed by atoms with Crippen molar-refractivity contribution in [2.45, 2.75) is 24.6 Å². The molecule has 0 atom stereocenters. The van der Waals surface area contributed by atoms with Crippen LogP contribution in [-0.2, 0) is 0 Å². The van der Waals surface area contributed by atoms with Crippen LogP contribution in [-0.4, -0.2) is 22.6 Å². The van der Waals surface area contributed by atoms with E-state index < -0.39 is 0 Å². The Hall–Kier alpha value is -2.05. The summed E-state index contributed by atoms with van der Waals surface area (Å²) in [5.41, 5.74) is 3.60. The third-order valence-corrected chi connectivity index (χ3v) is 5.75. The molecule has 3 rings (SSSR count). The van der Waals surface area contributed by atoms with Crippen LogP contribution in [0.25, 0.3) is 0 Å². The van der Waals surface area contributed by atoms with Gasteiger partial charge < -0.3 is 10.1 Å². The second-order valence-corrected chi connectivity index (χ2v) is 7.98. The van der Waals surface area contributed by atoms with Gasteiger partial charge in [-0.05, 0) is 55.7 Å². The van der Waals surface area contributed by atoms with Crippen LogP contribution in [0.3, 0.4) is 0 Å². The number of nitrogens with zero attached hydrogens (tertiary/aromatic N) is 2. The fourth-order valence-corrected chi connectivity index (χ4v) is 3.94. The zero-order valence-corrected chi connectivity index (χ0v) is 16.0. The second-order valence-electron chi connectivity index (χ2n) is 5.66. The monoisotopic (exact) mass is 371 g/mol. The number of thioether (sulfide) groups is 1. The number of aromatic nitrogens is 2. The van der Waals surface area contributed by atoms with E-state index in [1.807, 2.05) is 30.3 Å². The van der Waals surface area contributed by atoms with Gasteiger partial charge in [-0.25, -0.2) is 0 Å². The molecule has 0 bridgehead atoms. The van der Waals surface area contributed by atoms with Gasteiger partial charge in [0.15, 0.2) is 4.34 Å². The van der Waals surface area contributed by atoms with Gasteiger partial charge in [0.05, 0.1) is 6.61 Å². The summed E-state index contributed by atoms with van der Waals surface area (Å²) < 4.78 is 6.67. The van der Waals surface area contributed by atoms with Crippen LogP contribution in [0.5, 0.6) is 5.75 Å². The van der Waals surface area contributed by atoms with E-state index in [0.717, 1.165) is 33.1 Å². The first-order chi connectivity index (χ1) is 12.2. The fourth-order valence-electron chi connectivity index (χ4n) is 2.19. The summed E-state index contributed by atoms with van der Waals surface area (Å²) >= 11 is 3.30. The molecule has 1 heterocycles. The zero-order chi connectivity index (χ0) is 17.5. The Kier molecular flexibility index (Phi) is 6.30. The summed E-state index contributed by atoms with van der Waals surface area (Å²) in [5, 5.41) is 12.6. The molecule has 25 heavy (non-hydrogen) atoms. The maximum absolute atomic E-state index is 5.69. The molecule has 3 aromatic rings. The minimum absolute atomic E-state index is 0.712. The Morgan fingerprint density at radius 2 is 1.88 bits per heavy atom. The average Bonchev–Trinajstić information content (AvgIpc) is 3.06. The van der Waals surface area contributed by atoms with E-state index in [9.17, 15) is 0 Å². The summed E-state index contributed by atoms with van der Waals surface area (Å²) in [6, 6.07) is 16.2. The van der Waals surface area contributed by atoms with Crippen LogP contribution >= 0.6 is 23.1 Å². The number of rotatable bonds is 8. The van der Waals surface area contributed by atoms with E-state index in [1.54, 1.807) is 23.1 Å². The first-order valence-electron chi connectivity index (χ1n) is 8.19. The fraction of sp³-hybridized carbons (Fsp3) is 0.263. The first-order valence-corrected chi connectivity index (χ1v) is 9.99. The molecule has 0 aliphatic heterocycles. The highest BCUT2D eigenvalue weighted by Crippen LogP contribution is 2.28. The number of hydrogen-bond acceptors (Lipinski definition) is 6. The van der Waals surface area contributed by atoms with Gasteiger partial charge in [-0.3, -0.25) is 0 Å². The van der Waals surface area contributed by atoms with Crippen LogP contribution < -0.4 is 10.1 Å². The summed E-state index contributed by atoms with van der Waals surface area (Å²) in [6.45, 7) is 4.93. The molecule has 1 N–H and O–H groups in total. The maximum atomic E-state index is 5.69. The van der Waals surface area contributed by atoms with Crippen LogP contribution in [0.1, 0.15) is 17.5 Å². The van der Waals surface area contributed by atoms with Crippen molar-refractivity contribution in [3.8, 4) is 5.75 Å². The molecule has 0 unspecified atom stereocenters. The van der Waals surface area contributed by atoms with Crippen molar-refractivity contribution in [3.63, 3.8) is 0 Å². The third kappa shape index (κ3) is 5.47. The molecule has 130 valence electrons. The van der Waals surface area contributed by atoms with Crippen molar-refractivity contribution in [2.24, 2.45) is 0 Å². The van der Waals surface area contributed by atoms with Gasteiger partial charge in [0.2, 0.25) is 5.13 Å². The average molecular weight is 372 g/mol. The standard InChI is InChI=1S/C19H21N3OS2/c1-14-9-10-16(13-15(14)2)20-18-21-22-19(25-18)24-12-6-11-23-17-7-4-3-5-8-17/h3-5,7-10,13H,6,11-12H2,1-2H3,(H,20,21). The summed E-state index contributed by atoms with van der Waals surface area (Å²) in [6.07, 6.45) is 0.971. The van der Waals surface area contributed by atoms with Crippen LogP contribution in [0, 0.1) is 13.8 Å². The van der Waals surface area contributed by atoms with Gasteiger partial charge in [0.1, 0.15) is 5.75 Å². The molecule has 0 spiro atoms. The van der Waals surface area contributed by atoms with Crippen molar-refractivity contribution in [1.82, 2.24) is 10.2 Å². The Bertz CT molecular complexity index is 805. The highest BCUT2D eigenvalue weighted by Gasteiger charge is 2.06. The molecular formula is C19H21N3OS2. The molecule has 4 nitrogen and oxygen atoms in total. The molecular weight excluding hydrogens is 350 g/mol. The van der Waals surface area contributed by atoms with E-state index in [0.29, 0.717) is 6.61 Å². The van der Waals surface area contributed by atoms with Crippen molar-refractivity contribution >= 4 is 33.9 Å². The molecule has 0 aliphatic rings. The van der Waals surface area contributed by atoms with Crippen molar-refractivity contribution < 1.29 is 4.74 Å². The third-order valence-electron chi connectivity index (χ3n) is 3.69. The van der Waals surface area contributed by atoms with Gasteiger partial charge in [0.25, 0.3) is 0 Å². The van der Waals surface area contributed by atoms with E-state index in [2.05, 4.69) is 47.6 Å². The van der Waals surface area contributed by atoms with Gasteiger partial charge in [-0.15, -0.1) is 10.2 Å². The predicted molar refractivity (Wildman–Crippen MR) is 106 cm³/mol. The first kappa shape index (κ1) is 17.8. The highest BCUT2D eigenvalue weighted by atomic mass is 32.2. The minimum atomic E-state index is 0.712. The smallest absolute Gasteiger partial charge is 0.210 e. The highest BCUT2D eigenvalue weighted by molar-refractivity contribution is 8.01. The molecule has 0 saturated carbocycles. The van der Waals surface area contributed by atoms with E-state index in [-0.39, 0.29) is 0 Å². The van der Waals surface area contributed by atoms with Gasteiger partial charge >= 0.3 is 0 Å². The summed E-state index contributed by atoms with van der Waals surface area (Å²) in [7, 11) is 0. The Labute approximate surface area is 156 Å². The molecule has 0 radical (unpaired) electrons. The number of para-hydroxylation sites is 1. The number of nitrogens with one attached hydrogen (secondary N) is 1. The molecule has 0 fully saturated rings. The zero-order valence-electron chi connectivity index (χ0n) is 14.4. The SMILES string of the molecule is Cc1ccc(Nc2nnc(SCCCOc3ccccc3)s2)cc1C.